The van der Waals surface area contributed by atoms with Gasteiger partial charge in [0, 0.05) is 6.42 Å². The van der Waals surface area contributed by atoms with Crippen molar-refractivity contribution in [3.8, 4) is 6.07 Å². The Kier molecular flexibility index (Phi) is 10.1. The van der Waals surface area contributed by atoms with Gasteiger partial charge in [0.05, 0.1) is 12.2 Å². The van der Waals surface area contributed by atoms with E-state index >= 15 is 0 Å². The molecular weight excluding hydrogens is 174 g/mol. The maximum Gasteiger partial charge on any atom is 0.0621 e. The van der Waals surface area contributed by atoms with Crippen molar-refractivity contribution < 1.29 is 5.11 Å². The van der Waals surface area contributed by atoms with Gasteiger partial charge in [-0.25, -0.2) is 0 Å². The quantitative estimate of drug-likeness (QED) is 0.576. The SMILES string of the molecule is CCCCC[C@H](O)CCCCCC#N. The van der Waals surface area contributed by atoms with E-state index in [1.165, 1.54) is 12.8 Å². The van der Waals surface area contributed by atoms with Crippen LogP contribution in [0.4, 0.5) is 0 Å². The minimum absolute atomic E-state index is 0.108. The zero-order valence-corrected chi connectivity index (χ0v) is 9.34. The highest BCUT2D eigenvalue weighted by molar-refractivity contribution is 4.68. The lowest BCUT2D eigenvalue weighted by molar-refractivity contribution is 0.147. The number of aliphatic hydroxyl groups excluding tert-OH is 1. The molecule has 0 amide bonds. The summed E-state index contributed by atoms with van der Waals surface area (Å²) in [6.45, 7) is 2.17. The molecule has 0 aliphatic heterocycles. The smallest absolute Gasteiger partial charge is 0.0621 e. The maximum atomic E-state index is 9.57. The second-order valence-corrected chi connectivity index (χ2v) is 3.91. The van der Waals surface area contributed by atoms with Gasteiger partial charge in [0.2, 0.25) is 0 Å². The van der Waals surface area contributed by atoms with Crippen LogP contribution in [0.1, 0.15) is 64.7 Å². The van der Waals surface area contributed by atoms with Crippen molar-refractivity contribution in [2.45, 2.75) is 70.8 Å². The van der Waals surface area contributed by atoms with Gasteiger partial charge in [0.1, 0.15) is 0 Å². The van der Waals surface area contributed by atoms with Gasteiger partial charge in [-0.3, -0.25) is 0 Å². The van der Waals surface area contributed by atoms with Crippen molar-refractivity contribution >= 4 is 0 Å². The Morgan fingerprint density at radius 3 is 2.29 bits per heavy atom. The lowest BCUT2D eigenvalue weighted by Gasteiger charge is -2.09. The van der Waals surface area contributed by atoms with E-state index in [0.717, 1.165) is 38.5 Å². The Morgan fingerprint density at radius 1 is 1.07 bits per heavy atom. The predicted molar refractivity (Wildman–Crippen MR) is 58.8 cm³/mol. The minimum Gasteiger partial charge on any atom is -0.393 e. The molecule has 82 valence electrons. The van der Waals surface area contributed by atoms with E-state index < -0.39 is 0 Å². The largest absolute Gasteiger partial charge is 0.393 e. The predicted octanol–water partition coefficient (Wildman–Crippen LogP) is 3.40. The number of rotatable bonds is 9. The Balaban J connectivity index is 3.10. The summed E-state index contributed by atoms with van der Waals surface area (Å²) in [6, 6.07) is 2.14. The molecule has 1 N–H and O–H groups in total. The molecule has 0 aromatic carbocycles. The fourth-order valence-corrected chi connectivity index (χ4v) is 1.54. The number of unbranched alkanes of at least 4 members (excludes halogenated alkanes) is 5. The number of aliphatic hydroxyl groups is 1. The van der Waals surface area contributed by atoms with Gasteiger partial charge in [-0.2, -0.15) is 5.26 Å². The van der Waals surface area contributed by atoms with Crippen LogP contribution in [0.2, 0.25) is 0 Å². The van der Waals surface area contributed by atoms with Gasteiger partial charge < -0.3 is 5.11 Å². The van der Waals surface area contributed by atoms with Crippen LogP contribution in [0.5, 0.6) is 0 Å². The second-order valence-electron chi connectivity index (χ2n) is 3.91. The van der Waals surface area contributed by atoms with Crippen molar-refractivity contribution in [1.29, 1.82) is 5.26 Å². The fourth-order valence-electron chi connectivity index (χ4n) is 1.54. The maximum absolute atomic E-state index is 9.57. The fraction of sp³-hybridized carbons (Fsp3) is 0.917. The first-order valence-corrected chi connectivity index (χ1v) is 5.86. The Morgan fingerprint density at radius 2 is 1.71 bits per heavy atom. The first kappa shape index (κ1) is 13.4. The third kappa shape index (κ3) is 9.54. The molecule has 0 aromatic heterocycles. The summed E-state index contributed by atoms with van der Waals surface area (Å²) in [7, 11) is 0. The molecule has 2 heteroatoms. The van der Waals surface area contributed by atoms with Gasteiger partial charge in [0.25, 0.3) is 0 Å². The van der Waals surface area contributed by atoms with E-state index in [2.05, 4.69) is 13.0 Å². The van der Waals surface area contributed by atoms with Gasteiger partial charge in [0.15, 0.2) is 0 Å². The molecule has 0 fully saturated rings. The zero-order chi connectivity index (χ0) is 10.6. The molecule has 0 saturated carbocycles. The van der Waals surface area contributed by atoms with Crippen molar-refractivity contribution in [2.24, 2.45) is 0 Å². The van der Waals surface area contributed by atoms with Crippen LogP contribution in [-0.2, 0) is 0 Å². The third-order valence-electron chi connectivity index (χ3n) is 2.47. The van der Waals surface area contributed by atoms with Crippen LogP contribution < -0.4 is 0 Å². The first-order valence-electron chi connectivity index (χ1n) is 5.86. The first-order chi connectivity index (χ1) is 6.81. The zero-order valence-electron chi connectivity index (χ0n) is 9.34. The van der Waals surface area contributed by atoms with E-state index in [1.807, 2.05) is 0 Å². The summed E-state index contributed by atoms with van der Waals surface area (Å²) in [5.41, 5.74) is 0. The molecule has 0 unspecified atom stereocenters. The van der Waals surface area contributed by atoms with Crippen LogP contribution in [0, 0.1) is 11.3 Å². The molecule has 0 aliphatic rings. The lowest BCUT2D eigenvalue weighted by atomic mass is 10.0. The van der Waals surface area contributed by atoms with E-state index in [0.29, 0.717) is 6.42 Å². The molecule has 0 aliphatic carbocycles. The summed E-state index contributed by atoms with van der Waals surface area (Å²) in [4.78, 5) is 0. The molecule has 0 radical (unpaired) electrons. The molecule has 0 heterocycles. The molecule has 14 heavy (non-hydrogen) atoms. The summed E-state index contributed by atoms with van der Waals surface area (Å²) >= 11 is 0. The average Bonchev–Trinajstić information content (AvgIpc) is 2.18. The molecule has 1 atom stereocenters. The molecule has 0 spiro atoms. The number of hydrogen-bond donors (Lipinski definition) is 1. The Hall–Kier alpha value is -0.550. The van der Waals surface area contributed by atoms with E-state index in [1.54, 1.807) is 0 Å². The number of nitriles is 1. The number of nitrogens with zero attached hydrogens (tertiary/aromatic N) is 1. The van der Waals surface area contributed by atoms with Crippen molar-refractivity contribution in [2.75, 3.05) is 0 Å². The van der Waals surface area contributed by atoms with Crippen LogP contribution in [-0.4, -0.2) is 11.2 Å². The van der Waals surface area contributed by atoms with Gasteiger partial charge in [-0.1, -0.05) is 39.0 Å². The van der Waals surface area contributed by atoms with Gasteiger partial charge >= 0.3 is 0 Å². The second kappa shape index (κ2) is 10.5. The van der Waals surface area contributed by atoms with Crippen LogP contribution >= 0.6 is 0 Å². The highest BCUT2D eigenvalue weighted by atomic mass is 16.3. The molecular formula is C12H23NO. The van der Waals surface area contributed by atoms with Crippen molar-refractivity contribution in [3.05, 3.63) is 0 Å². The lowest BCUT2D eigenvalue weighted by Crippen LogP contribution is -2.05. The molecule has 0 bridgehead atoms. The van der Waals surface area contributed by atoms with Crippen molar-refractivity contribution in [1.82, 2.24) is 0 Å². The minimum atomic E-state index is -0.108. The van der Waals surface area contributed by atoms with Crippen LogP contribution in [0.15, 0.2) is 0 Å². The standard InChI is InChI=1S/C12H23NO/c1-2-3-6-9-12(14)10-7-4-5-8-11-13/h12,14H,2-10H2,1H3/t12-/m0/s1. The number of hydrogen-bond acceptors (Lipinski definition) is 2. The monoisotopic (exact) mass is 197 g/mol. The Labute approximate surface area is 87.9 Å². The highest BCUT2D eigenvalue weighted by Crippen LogP contribution is 2.11. The van der Waals surface area contributed by atoms with E-state index in [4.69, 9.17) is 5.26 Å². The van der Waals surface area contributed by atoms with Crippen LogP contribution in [0.3, 0.4) is 0 Å². The van der Waals surface area contributed by atoms with E-state index in [9.17, 15) is 5.11 Å². The summed E-state index contributed by atoms with van der Waals surface area (Å²) in [6.07, 6.45) is 9.14. The summed E-state index contributed by atoms with van der Waals surface area (Å²) in [5, 5.41) is 17.9. The topological polar surface area (TPSA) is 44.0 Å². The normalized spacial score (nSPS) is 12.4. The van der Waals surface area contributed by atoms with Crippen molar-refractivity contribution in [3.63, 3.8) is 0 Å². The molecule has 0 aromatic rings. The summed E-state index contributed by atoms with van der Waals surface area (Å²) in [5.74, 6) is 0. The molecule has 2 nitrogen and oxygen atoms in total. The van der Waals surface area contributed by atoms with Crippen LogP contribution in [0.25, 0.3) is 0 Å². The van der Waals surface area contributed by atoms with Gasteiger partial charge in [-0.15, -0.1) is 0 Å². The highest BCUT2D eigenvalue weighted by Gasteiger charge is 2.02. The molecule has 0 rings (SSSR count). The average molecular weight is 197 g/mol. The van der Waals surface area contributed by atoms with Gasteiger partial charge in [-0.05, 0) is 19.3 Å². The van der Waals surface area contributed by atoms with E-state index in [-0.39, 0.29) is 6.10 Å². The Bertz CT molecular complexity index is 151. The summed E-state index contributed by atoms with van der Waals surface area (Å²) < 4.78 is 0. The molecule has 0 saturated heterocycles. The third-order valence-corrected chi connectivity index (χ3v) is 2.47.